The fraction of sp³-hybridized carbons (Fsp3) is 0.244. The van der Waals surface area contributed by atoms with Crippen molar-refractivity contribution in [2.75, 3.05) is 6.61 Å². The fourth-order valence-corrected chi connectivity index (χ4v) is 5.15. The van der Waals surface area contributed by atoms with Crippen molar-refractivity contribution in [3.63, 3.8) is 0 Å². The minimum atomic E-state index is -0.961. The van der Waals surface area contributed by atoms with Crippen LogP contribution in [0.15, 0.2) is 152 Å². The Labute approximate surface area is 278 Å². The summed E-state index contributed by atoms with van der Waals surface area (Å²) in [6.07, 6.45) is -3.09. The third-order valence-corrected chi connectivity index (χ3v) is 7.66. The second kappa shape index (κ2) is 19.1. The van der Waals surface area contributed by atoms with Crippen LogP contribution in [0.25, 0.3) is 0 Å². The van der Waals surface area contributed by atoms with Gasteiger partial charge in [0.2, 0.25) is 0 Å². The topological polar surface area (TPSA) is 69.9 Å². The molecule has 0 aliphatic carbocycles. The van der Waals surface area contributed by atoms with Gasteiger partial charge in [0.05, 0.1) is 45.7 Å². The van der Waals surface area contributed by atoms with E-state index < -0.39 is 24.4 Å². The van der Waals surface area contributed by atoms with Gasteiger partial charge in [-0.25, -0.2) is 0 Å². The van der Waals surface area contributed by atoms with Crippen molar-refractivity contribution in [2.24, 2.45) is 0 Å². The molecular formula is C41H41NO5. The molecule has 0 unspecified atom stereocenters. The van der Waals surface area contributed by atoms with Crippen LogP contribution in [0.3, 0.4) is 0 Å². The zero-order valence-electron chi connectivity index (χ0n) is 26.5. The fourth-order valence-electron chi connectivity index (χ4n) is 5.15. The van der Waals surface area contributed by atoms with Crippen LogP contribution in [0.5, 0.6) is 0 Å². The average molecular weight is 628 g/mol. The van der Waals surface area contributed by atoms with E-state index in [1.807, 2.05) is 152 Å². The molecule has 0 aliphatic rings. The first-order chi connectivity index (χ1) is 23.3. The smallest absolute Gasteiger partial charge is 0.173 e. The van der Waals surface area contributed by atoms with Gasteiger partial charge in [-0.3, -0.25) is 0 Å². The highest BCUT2D eigenvalue weighted by molar-refractivity contribution is 5.17. The maximum Gasteiger partial charge on any atom is 0.173 e. The molecule has 0 fully saturated rings. The molecule has 6 heteroatoms. The molecule has 0 heterocycles. The summed E-state index contributed by atoms with van der Waals surface area (Å²) in [5.74, 6) is 0. The van der Waals surface area contributed by atoms with Crippen molar-refractivity contribution >= 4 is 0 Å². The van der Waals surface area contributed by atoms with Gasteiger partial charge in [0, 0.05) is 0 Å². The lowest BCUT2D eigenvalue weighted by molar-refractivity contribution is -0.191. The monoisotopic (exact) mass is 627 g/mol. The van der Waals surface area contributed by atoms with Crippen molar-refractivity contribution in [1.29, 1.82) is 5.26 Å². The molecule has 5 rings (SSSR count). The Kier molecular flexibility index (Phi) is 13.7. The molecule has 0 spiro atoms. The van der Waals surface area contributed by atoms with Crippen LogP contribution in [0.1, 0.15) is 27.8 Å². The maximum atomic E-state index is 10.5. The van der Waals surface area contributed by atoms with Gasteiger partial charge in [0.25, 0.3) is 0 Å². The van der Waals surface area contributed by atoms with Gasteiger partial charge in [0.1, 0.15) is 18.3 Å². The average Bonchev–Trinajstić information content (AvgIpc) is 3.14. The number of nitriles is 1. The highest BCUT2D eigenvalue weighted by Gasteiger charge is 2.39. The molecular weight excluding hydrogens is 586 g/mol. The highest BCUT2D eigenvalue weighted by Crippen LogP contribution is 2.24. The normalized spacial score (nSPS) is 13.7. The summed E-state index contributed by atoms with van der Waals surface area (Å²) in [7, 11) is 0. The Morgan fingerprint density at radius 1 is 0.404 bits per heavy atom. The van der Waals surface area contributed by atoms with Crippen molar-refractivity contribution < 1.29 is 23.7 Å². The van der Waals surface area contributed by atoms with Crippen molar-refractivity contribution in [2.45, 2.75) is 57.5 Å². The molecule has 5 aromatic carbocycles. The molecule has 5 aromatic rings. The molecule has 6 nitrogen and oxygen atoms in total. The number of hydrogen-bond acceptors (Lipinski definition) is 6. The summed E-state index contributed by atoms with van der Waals surface area (Å²) in [6, 6.07) is 52.0. The van der Waals surface area contributed by atoms with Crippen LogP contribution in [-0.2, 0) is 56.7 Å². The summed E-state index contributed by atoms with van der Waals surface area (Å²) in [6.45, 7) is 1.74. The zero-order chi connectivity index (χ0) is 32.4. The maximum absolute atomic E-state index is 10.5. The van der Waals surface area contributed by atoms with Crippen molar-refractivity contribution in [1.82, 2.24) is 0 Å². The minimum Gasteiger partial charge on any atom is -0.374 e. The zero-order valence-corrected chi connectivity index (χ0v) is 26.5. The van der Waals surface area contributed by atoms with E-state index in [0.29, 0.717) is 13.2 Å². The predicted octanol–water partition coefficient (Wildman–Crippen LogP) is 8.07. The van der Waals surface area contributed by atoms with Gasteiger partial charge in [-0.1, -0.05) is 152 Å². The van der Waals surface area contributed by atoms with Gasteiger partial charge < -0.3 is 23.7 Å². The second-order valence-corrected chi connectivity index (χ2v) is 11.2. The molecule has 0 saturated carbocycles. The number of benzene rings is 5. The molecule has 0 aromatic heterocycles. The Morgan fingerprint density at radius 2 is 0.745 bits per heavy atom. The first kappa shape index (κ1) is 33.7. The molecule has 0 bridgehead atoms. The molecule has 0 aliphatic heterocycles. The van der Waals surface area contributed by atoms with E-state index in [2.05, 4.69) is 6.07 Å². The van der Waals surface area contributed by atoms with Crippen molar-refractivity contribution in [3.8, 4) is 6.07 Å². The van der Waals surface area contributed by atoms with Gasteiger partial charge in [-0.2, -0.15) is 5.26 Å². The predicted molar refractivity (Wildman–Crippen MR) is 182 cm³/mol. The van der Waals surface area contributed by atoms with Crippen LogP contribution in [-0.4, -0.2) is 31.0 Å². The number of nitrogens with zero attached hydrogens (tertiary/aromatic N) is 1. The molecule has 0 amide bonds. The molecule has 0 N–H and O–H groups in total. The molecule has 0 saturated heterocycles. The largest absolute Gasteiger partial charge is 0.374 e. The Balaban J connectivity index is 1.45. The number of rotatable bonds is 19. The molecule has 0 radical (unpaired) electrons. The Hall–Kier alpha value is -4.61. The second-order valence-electron chi connectivity index (χ2n) is 11.2. The van der Waals surface area contributed by atoms with Gasteiger partial charge in [-0.15, -0.1) is 0 Å². The van der Waals surface area contributed by atoms with E-state index in [-0.39, 0.29) is 26.4 Å². The van der Waals surface area contributed by atoms with E-state index in [1.54, 1.807) is 0 Å². The summed E-state index contributed by atoms with van der Waals surface area (Å²) in [5.41, 5.74) is 4.99. The molecule has 4 atom stereocenters. The molecule has 240 valence electrons. The standard InChI is InChI=1S/C41H41NO5/c42-26-38(44-28-34-18-8-2-9-19-34)40(46-30-36-22-12-4-13-23-36)41(47-31-37-24-14-5-15-25-37)39(45-29-35-20-10-3-11-21-35)32-43-27-33-16-6-1-7-17-33/h1-25,38-41H,27-32H2/t38-,39+,40+,41+/m0/s1. The third-order valence-electron chi connectivity index (χ3n) is 7.66. The molecule has 47 heavy (non-hydrogen) atoms. The van der Waals surface area contributed by atoms with E-state index in [9.17, 15) is 5.26 Å². The van der Waals surface area contributed by atoms with Crippen molar-refractivity contribution in [3.05, 3.63) is 179 Å². The van der Waals surface area contributed by atoms with Crippen LogP contribution in [0.4, 0.5) is 0 Å². The lowest BCUT2D eigenvalue weighted by Gasteiger charge is -2.35. The van der Waals surface area contributed by atoms with E-state index >= 15 is 0 Å². The SMILES string of the molecule is N#C[C@H](OCc1ccccc1)[C@@H](OCc1ccccc1)[C@H](OCc1ccccc1)[C@@H](COCc1ccccc1)OCc1ccccc1. The Bertz CT molecular complexity index is 1580. The van der Waals surface area contributed by atoms with Gasteiger partial charge >= 0.3 is 0 Å². The first-order valence-corrected chi connectivity index (χ1v) is 15.9. The summed E-state index contributed by atoms with van der Waals surface area (Å²) < 4.78 is 32.5. The summed E-state index contributed by atoms with van der Waals surface area (Å²) in [4.78, 5) is 0. The summed E-state index contributed by atoms with van der Waals surface area (Å²) >= 11 is 0. The van der Waals surface area contributed by atoms with E-state index in [1.165, 1.54) is 0 Å². The van der Waals surface area contributed by atoms with Gasteiger partial charge in [0.15, 0.2) is 6.10 Å². The third kappa shape index (κ3) is 11.3. The number of hydrogen-bond donors (Lipinski definition) is 0. The van der Waals surface area contributed by atoms with Crippen LogP contribution in [0.2, 0.25) is 0 Å². The minimum absolute atomic E-state index is 0.212. The highest BCUT2D eigenvalue weighted by atomic mass is 16.6. The quantitative estimate of drug-likeness (QED) is 0.0922. The first-order valence-electron chi connectivity index (χ1n) is 15.9. The lowest BCUT2D eigenvalue weighted by Crippen LogP contribution is -2.50. The summed E-state index contributed by atoms with van der Waals surface area (Å²) in [5, 5.41) is 10.5. The van der Waals surface area contributed by atoms with Crippen LogP contribution < -0.4 is 0 Å². The van der Waals surface area contributed by atoms with Crippen LogP contribution in [0, 0.1) is 11.3 Å². The Morgan fingerprint density at radius 3 is 1.15 bits per heavy atom. The van der Waals surface area contributed by atoms with E-state index in [4.69, 9.17) is 23.7 Å². The number of ether oxygens (including phenoxy) is 5. The van der Waals surface area contributed by atoms with Crippen LogP contribution >= 0.6 is 0 Å². The van der Waals surface area contributed by atoms with Gasteiger partial charge in [-0.05, 0) is 27.8 Å². The van der Waals surface area contributed by atoms with E-state index in [0.717, 1.165) is 27.8 Å². The lowest BCUT2D eigenvalue weighted by atomic mass is 10.0.